The molecule has 1 saturated carbocycles. The lowest BCUT2D eigenvalue weighted by atomic mass is 9.76. The summed E-state index contributed by atoms with van der Waals surface area (Å²) in [6.07, 6.45) is 1.26. The summed E-state index contributed by atoms with van der Waals surface area (Å²) in [5.41, 5.74) is 5.34. The van der Waals surface area contributed by atoms with Crippen molar-refractivity contribution in [2.24, 2.45) is 16.6 Å². The van der Waals surface area contributed by atoms with Crippen molar-refractivity contribution in [3.63, 3.8) is 0 Å². The molecule has 7 nitrogen and oxygen atoms in total. The number of hydrogen-bond donors (Lipinski definition) is 3. The van der Waals surface area contributed by atoms with Crippen LogP contribution in [0.2, 0.25) is 0 Å². The van der Waals surface area contributed by atoms with E-state index in [1.807, 2.05) is 27.7 Å². The lowest BCUT2D eigenvalue weighted by molar-refractivity contribution is -0.159. The van der Waals surface area contributed by atoms with Crippen molar-refractivity contribution in [1.29, 1.82) is 0 Å². The molecule has 0 radical (unpaired) electrons. The van der Waals surface area contributed by atoms with Crippen LogP contribution in [-0.2, 0) is 19.1 Å². The number of carboxylic acids is 1. The van der Waals surface area contributed by atoms with Gasteiger partial charge in [0.2, 0.25) is 5.91 Å². The molecule has 8 heteroatoms. The normalized spacial score (nSPS) is 21.4. The van der Waals surface area contributed by atoms with E-state index in [2.05, 4.69) is 12.6 Å². The van der Waals surface area contributed by atoms with Gasteiger partial charge in [0.1, 0.15) is 6.04 Å². The van der Waals surface area contributed by atoms with Gasteiger partial charge in [-0.15, -0.1) is 0 Å². The fourth-order valence-corrected chi connectivity index (χ4v) is 4.39. The number of rotatable bonds is 7. The van der Waals surface area contributed by atoms with Crippen LogP contribution in [0.3, 0.4) is 0 Å². The molecule has 2 atom stereocenters. The number of aliphatic carboxylic acids is 1. The molecule has 144 valence electrons. The van der Waals surface area contributed by atoms with E-state index in [1.54, 1.807) is 0 Å². The Hall–Kier alpha value is -1.28. The highest BCUT2D eigenvalue weighted by molar-refractivity contribution is 7.80. The van der Waals surface area contributed by atoms with Gasteiger partial charge in [-0.3, -0.25) is 9.59 Å². The van der Waals surface area contributed by atoms with E-state index in [1.165, 1.54) is 12.0 Å². The van der Waals surface area contributed by atoms with Crippen molar-refractivity contribution in [1.82, 2.24) is 4.90 Å². The van der Waals surface area contributed by atoms with Gasteiger partial charge in [0, 0.05) is 11.8 Å². The van der Waals surface area contributed by atoms with E-state index in [0.717, 1.165) is 12.8 Å². The highest BCUT2D eigenvalue weighted by Crippen LogP contribution is 2.52. The van der Waals surface area contributed by atoms with Gasteiger partial charge in [0.15, 0.2) is 0 Å². The van der Waals surface area contributed by atoms with E-state index in [0.29, 0.717) is 0 Å². The molecule has 1 rings (SSSR count). The van der Waals surface area contributed by atoms with Crippen LogP contribution in [0.15, 0.2) is 0 Å². The zero-order valence-electron chi connectivity index (χ0n) is 15.6. The minimum Gasteiger partial charge on any atom is -0.481 e. The van der Waals surface area contributed by atoms with E-state index in [-0.39, 0.29) is 22.6 Å². The molecule has 1 aliphatic carbocycles. The van der Waals surface area contributed by atoms with Crippen LogP contribution in [-0.4, -0.2) is 58.8 Å². The largest absolute Gasteiger partial charge is 0.481 e. The van der Waals surface area contributed by atoms with Gasteiger partial charge in [-0.25, -0.2) is 4.79 Å². The number of nitrogens with two attached hydrogens (primary N) is 1. The zero-order valence-corrected chi connectivity index (χ0v) is 16.5. The quantitative estimate of drug-likeness (QED) is 0.458. The Morgan fingerprint density at radius 2 is 1.72 bits per heavy atom. The number of methoxy groups -OCH3 is 1. The minimum absolute atomic E-state index is 0.0703. The third kappa shape index (κ3) is 4.67. The van der Waals surface area contributed by atoms with Gasteiger partial charge >= 0.3 is 11.9 Å². The lowest BCUT2D eigenvalue weighted by Gasteiger charge is -2.47. The number of esters is 1. The second-order valence-corrected chi connectivity index (χ2v) is 8.42. The summed E-state index contributed by atoms with van der Waals surface area (Å²) in [7, 11) is 1.25. The molecule has 0 saturated heterocycles. The Bertz CT molecular complexity index is 519. The standard InChI is InChI=1S/C17H30N2O5S/c1-16(2)6-7-17(3,4)15(16)19(11(9-25)14(23)24-5)13(22)10(18)8-12(20)21/h10-11,15,25H,6-9,18H2,1-5H3,(H,20,21)/t10-,11-/m0/s1. The predicted molar refractivity (Wildman–Crippen MR) is 97.3 cm³/mol. The van der Waals surface area contributed by atoms with Crippen molar-refractivity contribution < 1.29 is 24.2 Å². The van der Waals surface area contributed by atoms with Gasteiger partial charge < -0.3 is 20.5 Å². The summed E-state index contributed by atoms with van der Waals surface area (Å²) in [5.74, 6) is -2.23. The minimum atomic E-state index is -1.23. The lowest BCUT2D eigenvalue weighted by Crippen LogP contribution is -2.62. The molecular weight excluding hydrogens is 344 g/mol. The molecule has 0 spiro atoms. The van der Waals surface area contributed by atoms with Crippen LogP contribution in [0.5, 0.6) is 0 Å². The average Bonchev–Trinajstić information content (AvgIpc) is 2.71. The zero-order chi connectivity index (χ0) is 19.6. The molecule has 0 heterocycles. The van der Waals surface area contributed by atoms with Crippen LogP contribution < -0.4 is 5.73 Å². The molecule has 1 fully saturated rings. The van der Waals surface area contributed by atoms with Gasteiger partial charge in [0.25, 0.3) is 0 Å². The van der Waals surface area contributed by atoms with Crippen LogP contribution in [0, 0.1) is 10.8 Å². The van der Waals surface area contributed by atoms with E-state index >= 15 is 0 Å². The second-order valence-electron chi connectivity index (χ2n) is 8.05. The number of carboxylic acid groups (broad SMARTS) is 1. The first-order valence-corrected chi connectivity index (χ1v) is 9.00. The van der Waals surface area contributed by atoms with Crippen molar-refractivity contribution in [3.05, 3.63) is 0 Å². The monoisotopic (exact) mass is 374 g/mol. The molecule has 1 aliphatic rings. The van der Waals surface area contributed by atoms with Crippen molar-refractivity contribution in [3.8, 4) is 0 Å². The molecule has 1 amide bonds. The van der Waals surface area contributed by atoms with Gasteiger partial charge in [-0.05, 0) is 23.7 Å². The maximum Gasteiger partial charge on any atom is 0.329 e. The highest BCUT2D eigenvalue weighted by atomic mass is 32.1. The number of nitrogens with zero attached hydrogens (tertiary/aromatic N) is 1. The molecular formula is C17H30N2O5S. The Kier molecular flexibility index (Phi) is 6.92. The van der Waals surface area contributed by atoms with Gasteiger partial charge in [-0.2, -0.15) is 12.6 Å². The summed E-state index contributed by atoms with van der Waals surface area (Å²) in [6.45, 7) is 8.18. The Balaban J connectivity index is 3.39. The first-order valence-electron chi connectivity index (χ1n) is 8.37. The third-order valence-electron chi connectivity index (χ3n) is 5.12. The van der Waals surface area contributed by atoms with Crippen LogP contribution in [0.1, 0.15) is 47.0 Å². The Labute approximate surface area is 154 Å². The average molecular weight is 375 g/mol. The molecule has 3 N–H and O–H groups in total. The van der Waals surface area contributed by atoms with Gasteiger partial charge in [-0.1, -0.05) is 27.7 Å². The van der Waals surface area contributed by atoms with Crippen molar-refractivity contribution >= 4 is 30.5 Å². The summed E-state index contributed by atoms with van der Waals surface area (Å²) in [6, 6.07) is -2.43. The smallest absolute Gasteiger partial charge is 0.329 e. The SMILES string of the molecule is COC(=O)[C@H](CS)N(C(=O)[C@@H](N)CC(=O)O)C1C(C)(C)CCC1(C)C. The molecule has 0 aliphatic heterocycles. The predicted octanol–water partition coefficient (Wildman–Crippen LogP) is 1.30. The summed E-state index contributed by atoms with van der Waals surface area (Å²) in [4.78, 5) is 37.8. The van der Waals surface area contributed by atoms with Crippen LogP contribution >= 0.6 is 12.6 Å². The Morgan fingerprint density at radius 1 is 1.24 bits per heavy atom. The number of carbonyl (C=O) groups excluding carboxylic acids is 2. The maximum atomic E-state index is 13.1. The van der Waals surface area contributed by atoms with Crippen molar-refractivity contribution in [2.75, 3.05) is 12.9 Å². The molecule has 0 bridgehead atoms. The fourth-order valence-electron chi connectivity index (χ4n) is 4.07. The summed E-state index contributed by atoms with van der Waals surface area (Å²) >= 11 is 4.24. The first-order chi connectivity index (χ1) is 11.4. The number of thiol groups is 1. The number of ether oxygens (including phenoxy) is 1. The fraction of sp³-hybridized carbons (Fsp3) is 0.824. The summed E-state index contributed by atoms with van der Waals surface area (Å²) in [5, 5.41) is 8.98. The topological polar surface area (TPSA) is 110 Å². The number of carbonyl (C=O) groups is 3. The summed E-state index contributed by atoms with van der Waals surface area (Å²) < 4.78 is 4.85. The van der Waals surface area contributed by atoms with E-state index < -0.39 is 36.4 Å². The third-order valence-corrected chi connectivity index (χ3v) is 5.47. The van der Waals surface area contributed by atoms with Crippen molar-refractivity contribution in [2.45, 2.75) is 65.1 Å². The maximum absolute atomic E-state index is 13.1. The molecule has 0 aromatic rings. The molecule has 0 aromatic carbocycles. The molecule has 25 heavy (non-hydrogen) atoms. The first kappa shape index (κ1) is 21.8. The highest BCUT2D eigenvalue weighted by Gasteiger charge is 2.54. The van der Waals surface area contributed by atoms with E-state index in [9.17, 15) is 14.4 Å². The van der Waals surface area contributed by atoms with E-state index in [4.69, 9.17) is 15.6 Å². The molecule has 0 unspecified atom stereocenters. The number of hydrogen-bond acceptors (Lipinski definition) is 6. The van der Waals surface area contributed by atoms with Crippen LogP contribution in [0.4, 0.5) is 0 Å². The Morgan fingerprint density at radius 3 is 2.08 bits per heavy atom. The van der Waals surface area contributed by atoms with Gasteiger partial charge in [0.05, 0.1) is 19.6 Å². The molecule has 0 aromatic heterocycles. The second kappa shape index (κ2) is 7.95. The number of amides is 1. The van der Waals surface area contributed by atoms with Crippen LogP contribution in [0.25, 0.3) is 0 Å².